The van der Waals surface area contributed by atoms with Gasteiger partial charge in [-0.2, -0.15) is 0 Å². The fourth-order valence-corrected chi connectivity index (χ4v) is 1.22. The van der Waals surface area contributed by atoms with Gasteiger partial charge >= 0.3 is 5.97 Å². The van der Waals surface area contributed by atoms with Gasteiger partial charge in [-0.1, -0.05) is 6.92 Å². The molecular formula is C10H21NO2. The maximum atomic E-state index is 10.9. The van der Waals surface area contributed by atoms with Crippen LogP contribution in [0.1, 0.15) is 33.1 Å². The summed E-state index contributed by atoms with van der Waals surface area (Å²) in [5, 5.41) is 0. The lowest BCUT2D eigenvalue weighted by Gasteiger charge is -2.14. The summed E-state index contributed by atoms with van der Waals surface area (Å²) in [6.07, 6.45) is 2.60. The van der Waals surface area contributed by atoms with Crippen LogP contribution >= 0.6 is 0 Å². The number of ether oxygens (including phenoxy) is 1. The van der Waals surface area contributed by atoms with Crippen LogP contribution in [0.2, 0.25) is 0 Å². The van der Waals surface area contributed by atoms with Crippen LogP contribution in [0, 0.1) is 0 Å². The molecule has 0 aromatic carbocycles. The Bertz CT molecular complexity index is 137. The van der Waals surface area contributed by atoms with Crippen molar-refractivity contribution in [1.29, 1.82) is 0 Å². The fraction of sp³-hybridized carbons (Fsp3) is 0.900. The highest BCUT2D eigenvalue weighted by atomic mass is 16.5. The third-order valence-corrected chi connectivity index (χ3v) is 1.83. The number of esters is 1. The van der Waals surface area contributed by atoms with Crippen molar-refractivity contribution in [3.63, 3.8) is 0 Å². The first-order valence-corrected chi connectivity index (χ1v) is 5.04. The summed E-state index contributed by atoms with van der Waals surface area (Å²) in [5.74, 6) is -0.0765. The number of hydrogen-bond acceptors (Lipinski definition) is 3. The van der Waals surface area contributed by atoms with E-state index in [4.69, 9.17) is 4.74 Å². The van der Waals surface area contributed by atoms with Gasteiger partial charge in [-0.3, -0.25) is 4.79 Å². The lowest BCUT2D eigenvalue weighted by atomic mass is 10.3. The molecule has 78 valence electrons. The Hall–Kier alpha value is -0.570. The van der Waals surface area contributed by atoms with E-state index < -0.39 is 0 Å². The first kappa shape index (κ1) is 12.4. The van der Waals surface area contributed by atoms with E-state index in [1.165, 1.54) is 0 Å². The molecule has 0 bridgehead atoms. The van der Waals surface area contributed by atoms with Crippen molar-refractivity contribution in [2.24, 2.45) is 0 Å². The Morgan fingerprint density at radius 1 is 1.31 bits per heavy atom. The number of carbonyl (C=O) groups is 1. The Morgan fingerprint density at radius 3 is 2.54 bits per heavy atom. The van der Waals surface area contributed by atoms with Gasteiger partial charge in [0.05, 0.1) is 6.61 Å². The van der Waals surface area contributed by atoms with E-state index >= 15 is 0 Å². The Labute approximate surface area is 81.1 Å². The van der Waals surface area contributed by atoms with E-state index in [9.17, 15) is 4.79 Å². The molecule has 3 heteroatoms. The summed E-state index contributed by atoms with van der Waals surface area (Å²) in [5.41, 5.74) is 0. The lowest BCUT2D eigenvalue weighted by molar-refractivity contribution is -0.143. The number of carbonyl (C=O) groups excluding carboxylic acids is 1. The topological polar surface area (TPSA) is 29.5 Å². The van der Waals surface area contributed by atoms with E-state index in [1.54, 1.807) is 0 Å². The second-order valence-electron chi connectivity index (χ2n) is 3.21. The van der Waals surface area contributed by atoms with Gasteiger partial charge in [0.1, 0.15) is 0 Å². The molecule has 0 saturated heterocycles. The van der Waals surface area contributed by atoms with E-state index in [-0.39, 0.29) is 5.97 Å². The summed E-state index contributed by atoms with van der Waals surface area (Å²) in [4.78, 5) is 13.2. The zero-order valence-electron chi connectivity index (χ0n) is 9.01. The molecule has 0 aromatic heterocycles. The Kier molecular flexibility index (Phi) is 7.69. The van der Waals surface area contributed by atoms with Crippen LogP contribution in [-0.4, -0.2) is 37.6 Å². The molecule has 3 nitrogen and oxygen atoms in total. The molecule has 0 atom stereocenters. The molecule has 0 N–H and O–H groups in total. The SMILES string of the molecule is CCCN(C)CCCC(=O)OCC. The summed E-state index contributed by atoms with van der Waals surface area (Å²) in [7, 11) is 2.08. The van der Waals surface area contributed by atoms with Crippen LogP contribution in [-0.2, 0) is 9.53 Å². The van der Waals surface area contributed by atoms with Crippen LogP contribution in [0.25, 0.3) is 0 Å². The molecule has 0 fully saturated rings. The normalized spacial score (nSPS) is 10.5. The van der Waals surface area contributed by atoms with E-state index in [1.807, 2.05) is 6.92 Å². The minimum atomic E-state index is -0.0765. The van der Waals surface area contributed by atoms with E-state index in [0.29, 0.717) is 13.0 Å². The predicted octanol–water partition coefficient (Wildman–Crippen LogP) is 1.67. The largest absolute Gasteiger partial charge is 0.466 e. The smallest absolute Gasteiger partial charge is 0.305 e. The third kappa shape index (κ3) is 7.78. The minimum Gasteiger partial charge on any atom is -0.466 e. The van der Waals surface area contributed by atoms with Gasteiger partial charge in [0, 0.05) is 6.42 Å². The molecule has 0 saturated carbocycles. The molecular weight excluding hydrogens is 166 g/mol. The summed E-state index contributed by atoms with van der Waals surface area (Å²) < 4.78 is 4.83. The number of rotatable bonds is 7. The second-order valence-corrected chi connectivity index (χ2v) is 3.21. The van der Waals surface area contributed by atoms with Crippen molar-refractivity contribution < 1.29 is 9.53 Å². The van der Waals surface area contributed by atoms with Gasteiger partial charge in [-0.25, -0.2) is 0 Å². The van der Waals surface area contributed by atoms with Gasteiger partial charge < -0.3 is 9.64 Å². The van der Waals surface area contributed by atoms with Crippen molar-refractivity contribution >= 4 is 5.97 Å². The summed E-state index contributed by atoms with van der Waals surface area (Å²) in [6, 6.07) is 0. The highest BCUT2D eigenvalue weighted by Crippen LogP contribution is 1.96. The van der Waals surface area contributed by atoms with Crippen LogP contribution in [0.4, 0.5) is 0 Å². The van der Waals surface area contributed by atoms with Crippen molar-refractivity contribution in [3.8, 4) is 0 Å². The van der Waals surface area contributed by atoms with Crippen LogP contribution in [0.5, 0.6) is 0 Å². The monoisotopic (exact) mass is 187 g/mol. The maximum Gasteiger partial charge on any atom is 0.305 e. The summed E-state index contributed by atoms with van der Waals surface area (Å²) >= 11 is 0. The van der Waals surface area contributed by atoms with Gasteiger partial charge in [0.2, 0.25) is 0 Å². The predicted molar refractivity (Wildman–Crippen MR) is 53.7 cm³/mol. The van der Waals surface area contributed by atoms with E-state index in [2.05, 4.69) is 18.9 Å². The van der Waals surface area contributed by atoms with Gasteiger partial charge in [0.15, 0.2) is 0 Å². The summed E-state index contributed by atoms with van der Waals surface area (Å²) in [6.45, 7) is 6.56. The Balaban J connectivity index is 3.28. The van der Waals surface area contributed by atoms with Gasteiger partial charge in [-0.05, 0) is 39.9 Å². The van der Waals surface area contributed by atoms with Gasteiger partial charge in [-0.15, -0.1) is 0 Å². The second kappa shape index (κ2) is 8.05. The molecule has 0 aliphatic carbocycles. The van der Waals surface area contributed by atoms with Crippen molar-refractivity contribution in [1.82, 2.24) is 4.90 Å². The average Bonchev–Trinajstić information content (AvgIpc) is 2.05. The molecule has 13 heavy (non-hydrogen) atoms. The van der Waals surface area contributed by atoms with Crippen LogP contribution in [0.15, 0.2) is 0 Å². The molecule has 0 aromatic rings. The fourth-order valence-electron chi connectivity index (χ4n) is 1.22. The first-order chi connectivity index (χ1) is 6.20. The highest BCUT2D eigenvalue weighted by Gasteiger charge is 2.02. The molecule has 0 aliphatic heterocycles. The average molecular weight is 187 g/mol. The number of hydrogen-bond donors (Lipinski definition) is 0. The molecule has 0 heterocycles. The van der Waals surface area contributed by atoms with Crippen LogP contribution in [0.3, 0.4) is 0 Å². The standard InChI is InChI=1S/C10H21NO2/c1-4-8-11(3)9-6-7-10(12)13-5-2/h4-9H2,1-3H3. The van der Waals surface area contributed by atoms with Crippen molar-refractivity contribution in [2.75, 3.05) is 26.7 Å². The molecule has 0 aliphatic rings. The third-order valence-electron chi connectivity index (χ3n) is 1.83. The molecule has 0 rings (SSSR count). The van der Waals surface area contributed by atoms with Gasteiger partial charge in [0.25, 0.3) is 0 Å². The molecule has 0 amide bonds. The minimum absolute atomic E-state index is 0.0765. The Morgan fingerprint density at radius 2 is 2.00 bits per heavy atom. The molecule has 0 unspecified atom stereocenters. The van der Waals surface area contributed by atoms with Crippen LogP contribution < -0.4 is 0 Å². The van der Waals surface area contributed by atoms with E-state index in [0.717, 1.165) is 25.9 Å². The lowest BCUT2D eigenvalue weighted by Crippen LogP contribution is -2.21. The zero-order chi connectivity index (χ0) is 10.1. The van der Waals surface area contributed by atoms with Crippen molar-refractivity contribution in [3.05, 3.63) is 0 Å². The highest BCUT2D eigenvalue weighted by molar-refractivity contribution is 5.69. The quantitative estimate of drug-likeness (QED) is 0.568. The zero-order valence-corrected chi connectivity index (χ0v) is 9.01. The number of nitrogens with zero attached hydrogens (tertiary/aromatic N) is 1. The molecule has 0 spiro atoms. The maximum absolute atomic E-state index is 10.9. The molecule has 0 radical (unpaired) electrons. The first-order valence-electron chi connectivity index (χ1n) is 5.04. The van der Waals surface area contributed by atoms with Crippen molar-refractivity contribution in [2.45, 2.75) is 33.1 Å².